The summed E-state index contributed by atoms with van der Waals surface area (Å²) in [5.41, 5.74) is 0.429. The number of carbonyl (C=O) groups excluding carboxylic acids is 5. The van der Waals surface area contributed by atoms with Gasteiger partial charge in [-0.3, -0.25) is 24.1 Å². The summed E-state index contributed by atoms with van der Waals surface area (Å²) in [5.74, 6) is -2.23. The fraction of sp³-hybridized carbons (Fsp3) is 0.533. The van der Waals surface area contributed by atoms with E-state index >= 15 is 0 Å². The Labute approximate surface area is 133 Å². The monoisotopic (exact) mass is 322 g/mol. The third kappa shape index (κ3) is 4.02. The van der Waals surface area contributed by atoms with E-state index in [0.29, 0.717) is 36.4 Å². The fourth-order valence-corrected chi connectivity index (χ4v) is 2.37. The normalized spacial score (nSPS) is 18.0. The van der Waals surface area contributed by atoms with Gasteiger partial charge in [0, 0.05) is 37.5 Å². The molecule has 0 aromatic carbocycles. The maximum Gasteiger partial charge on any atom is 0.333 e. The zero-order valence-electron chi connectivity index (χ0n) is 12.9. The van der Waals surface area contributed by atoms with Crippen LogP contribution in [-0.4, -0.2) is 46.1 Å². The highest BCUT2D eigenvalue weighted by atomic mass is 16.7. The van der Waals surface area contributed by atoms with Crippen molar-refractivity contribution in [2.45, 2.75) is 45.4 Å². The zero-order chi connectivity index (χ0) is 17.0. The van der Waals surface area contributed by atoms with E-state index in [-0.39, 0.29) is 31.1 Å². The predicted octanol–water partition coefficient (Wildman–Crippen LogP) is 0.469. The fourth-order valence-electron chi connectivity index (χ4n) is 2.37. The topological polar surface area (TPSA) is 101 Å². The Morgan fingerprint density at radius 3 is 2.30 bits per heavy atom. The number of rotatable bonds is 7. The van der Waals surface area contributed by atoms with Crippen LogP contribution < -0.4 is 0 Å². The van der Waals surface area contributed by atoms with Crippen LogP contribution in [0.5, 0.6) is 0 Å². The molecule has 2 rings (SSSR count). The minimum Gasteiger partial charge on any atom is -0.330 e. The van der Waals surface area contributed by atoms with E-state index in [0.717, 1.165) is 0 Å². The molecule has 0 saturated carbocycles. The molecule has 1 saturated heterocycles. The number of hydroxylamine groups is 2. The lowest BCUT2D eigenvalue weighted by atomic mass is 10.2. The quantitative estimate of drug-likeness (QED) is 0.499. The molecule has 8 heteroatoms. The Hall–Kier alpha value is -2.51. The first-order valence-electron chi connectivity index (χ1n) is 7.51. The summed E-state index contributed by atoms with van der Waals surface area (Å²) < 4.78 is 0. The molecule has 2 aliphatic heterocycles. The van der Waals surface area contributed by atoms with Crippen molar-refractivity contribution in [2.75, 3.05) is 6.54 Å². The third-order valence-electron chi connectivity index (χ3n) is 3.65. The lowest BCUT2D eigenvalue weighted by Gasteiger charge is -2.14. The smallest absolute Gasteiger partial charge is 0.330 e. The van der Waals surface area contributed by atoms with E-state index in [2.05, 4.69) is 0 Å². The van der Waals surface area contributed by atoms with Gasteiger partial charge in [-0.15, -0.1) is 5.06 Å². The van der Waals surface area contributed by atoms with Gasteiger partial charge in [-0.1, -0.05) is 6.42 Å². The van der Waals surface area contributed by atoms with E-state index in [4.69, 9.17) is 4.84 Å². The standard InChI is InChI=1S/C15H18N2O6/c1-10-9-13(20)16(15(10)22)8-4-2-3-5-14(21)23-17-11(18)6-7-12(17)19/h9H,2-8H2,1H3. The lowest BCUT2D eigenvalue weighted by Crippen LogP contribution is -2.32. The number of carbonyl (C=O) groups is 5. The van der Waals surface area contributed by atoms with Crippen molar-refractivity contribution in [2.24, 2.45) is 0 Å². The minimum atomic E-state index is -0.639. The van der Waals surface area contributed by atoms with E-state index in [9.17, 15) is 24.0 Å². The maximum absolute atomic E-state index is 11.6. The average molecular weight is 322 g/mol. The molecule has 124 valence electrons. The summed E-state index contributed by atoms with van der Waals surface area (Å²) in [4.78, 5) is 63.2. The van der Waals surface area contributed by atoms with Gasteiger partial charge in [0.15, 0.2) is 0 Å². The van der Waals surface area contributed by atoms with Gasteiger partial charge in [-0.2, -0.15) is 0 Å². The molecular formula is C15H18N2O6. The third-order valence-corrected chi connectivity index (χ3v) is 3.65. The Kier molecular flexibility index (Phi) is 5.25. The largest absolute Gasteiger partial charge is 0.333 e. The van der Waals surface area contributed by atoms with Crippen LogP contribution in [0.4, 0.5) is 0 Å². The SMILES string of the molecule is CC1=CC(=O)N(CCCCCC(=O)ON2C(=O)CCC2=O)C1=O. The van der Waals surface area contributed by atoms with Crippen LogP contribution in [0.25, 0.3) is 0 Å². The van der Waals surface area contributed by atoms with Crippen molar-refractivity contribution < 1.29 is 28.8 Å². The molecule has 0 radical (unpaired) electrons. The van der Waals surface area contributed by atoms with E-state index in [1.165, 1.54) is 11.0 Å². The Morgan fingerprint density at radius 2 is 1.74 bits per heavy atom. The second-order valence-corrected chi connectivity index (χ2v) is 5.48. The molecule has 8 nitrogen and oxygen atoms in total. The highest BCUT2D eigenvalue weighted by molar-refractivity contribution is 6.15. The molecule has 1 fully saturated rings. The second kappa shape index (κ2) is 7.17. The van der Waals surface area contributed by atoms with E-state index in [1.807, 2.05) is 0 Å². The molecule has 0 atom stereocenters. The van der Waals surface area contributed by atoms with Gasteiger partial charge in [0.05, 0.1) is 0 Å². The summed E-state index contributed by atoms with van der Waals surface area (Å²) in [6, 6.07) is 0. The molecule has 0 aromatic heterocycles. The Bertz CT molecular complexity index is 579. The minimum absolute atomic E-state index is 0.0657. The summed E-state index contributed by atoms with van der Waals surface area (Å²) in [7, 11) is 0. The van der Waals surface area contributed by atoms with Crippen LogP contribution in [0.3, 0.4) is 0 Å². The molecule has 4 amide bonds. The molecule has 23 heavy (non-hydrogen) atoms. The number of hydrogen-bond donors (Lipinski definition) is 0. The summed E-state index contributed by atoms with van der Waals surface area (Å²) in [5, 5.41) is 0.526. The average Bonchev–Trinajstić information content (AvgIpc) is 2.93. The van der Waals surface area contributed by atoms with Gasteiger partial charge in [0.2, 0.25) is 0 Å². The van der Waals surface area contributed by atoms with Gasteiger partial charge in [-0.05, 0) is 19.8 Å². The molecule has 0 spiro atoms. The van der Waals surface area contributed by atoms with Crippen molar-refractivity contribution in [3.05, 3.63) is 11.6 Å². The Balaban J connectivity index is 1.61. The number of unbranched alkanes of at least 4 members (excludes halogenated alkanes) is 2. The molecule has 2 heterocycles. The Morgan fingerprint density at radius 1 is 1.09 bits per heavy atom. The number of hydrogen-bond acceptors (Lipinski definition) is 6. The summed E-state index contributed by atoms with van der Waals surface area (Å²) in [6.07, 6.45) is 3.19. The molecule has 0 unspecified atom stereocenters. The van der Waals surface area contributed by atoms with Crippen LogP contribution in [0.15, 0.2) is 11.6 Å². The van der Waals surface area contributed by atoms with Gasteiger partial charge in [-0.25, -0.2) is 4.79 Å². The first-order valence-corrected chi connectivity index (χ1v) is 7.51. The number of nitrogens with zero attached hydrogens (tertiary/aromatic N) is 2. The van der Waals surface area contributed by atoms with Gasteiger partial charge >= 0.3 is 5.97 Å². The van der Waals surface area contributed by atoms with Crippen molar-refractivity contribution in [3.8, 4) is 0 Å². The summed E-state index contributed by atoms with van der Waals surface area (Å²) >= 11 is 0. The predicted molar refractivity (Wildman–Crippen MR) is 76.1 cm³/mol. The molecule has 2 aliphatic rings. The van der Waals surface area contributed by atoms with E-state index in [1.54, 1.807) is 6.92 Å². The van der Waals surface area contributed by atoms with Gasteiger partial charge in [0.25, 0.3) is 23.6 Å². The van der Waals surface area contributed by atoms with Crippen LogP contribution in [0.2, 0.25) is 0 Å². The highest BCUT2D eigenvalue weighted by Crippen LogP contribution is 2.15. The second-order valence-electron chi connectivity index (χ2n) is 5.48. The van der Waals surface area contributed by atoms with Crippen LogP contribution in [-0.2, 0) is 28.8 Å². The maximum atomic E-state index is 11.6. The van der Waals surface area contributed by atoms with Crippen molar-refractivity contribution in [1.29, 1.82) is 0 Å². The summed E-state index contributed by atoms with van der Waals surface area (Å²) in [6.45, 7) is 1.90. The van der Waals surface area contributed by atoms with Crippen LogP contribution >= 0.6 is 0 Å². The molecule has 0 bridgehead atoms. The molecule has 0 aliphatic carbocycles. The number of amides is 4. The van der Waals surface area contributed by atoms with Crippen molar-refractivity contribution in [1.82, 2.24) is 9.96 Å². The van der Waals surface area contributed by atoms with Crippen molar-refractivity contribution >= 4 is 29.6 Å². The highest BCUT2D eigenvalue weighted by Gasteiger charge is 2.32. The zero-order valence-corrected chi connectivity index (χ0v) is 12.9. The number of imide groups is 2. The van der Waals surface area contributed by atoms with Gasteiger partial charge in [0.1, 0.15) is 0 Å². The van der Waals surface area contributed by atoms with Crippen LogP contribution in [0.1, 0.15) is 45.4 Å². The van der Waals surface area contributed by atoms with E-state index < -0.39 is 17.8 Å². The van der Waals surface area contributed by atoms with Gasteiger partial charge < -0.3 is 4.84 Å². The molecular weight excluding hydrogens is 304 g/mol. The first kappa shape index (κ1) is 16.9. The molecule has 0 aromatic rings. The van der Waals surface area contributed by atoms with Crippen LogP contribution in [0, 0.1) is 0 Å². The van der Waals surface area contributed by atoms with Crippen molar-refractivity contribution in [3.63, 3.8) is 0 Å². The molecule has 0 N–H and O–H groups in total. The first-order chi connectivity index (χ1) is 10.9. The lowest BCUT2D eigenvalue weighted by molar-refractivity contribution is -0.197.